The normalized spacial score (nSPS) is 18.0. The van der Waals surface area contributed by atoms with Crippen LogP contribution in [0, 0.1) is 6.92 Å². The number of carbonyl (C=O) groups excluding carboxylic acids is 2. The van der Waals surface area contributed by atoms with Crippen LogP contribution in [0.5, 0.6) is 0 Å². The molecule has 0 bridgehead atoms. The lowest BCUT2D eigenvalue weighted by atomic mass is 10.1. The number of quaternary nitrogens is 1. The minimum Gasteiger partial charge on any atom is -0.360 e. The number of nitrogens with one attached hydrogen (secondary N) is 1. The molecule has 25 heavy (non-hydrogen) atoms. The summed E-state index contributed by atoms with van der Waals surface area (Å²) in [6, 6.07) is 15.8. The Morgan fingerprint density at radius 1 is 1.00 bits per heavy atom. The van der Waals surface area contributed by atoms with Crippen LogP contribution in [-0.2, 0) is 4.79 Å². The molecule has 2 aromatic rings. The maximum Gasteiger partial charge on any atom is 0.303 e. The van der Waals surface area contributed by atoms with E-state index in [9.17, 15) is 9.59 Å². The Balaban J connectivity index is 1.42. The van der Waals surface area contributed by atoms with Gasteiger partial charge in [0.2, 0.25) is 0 Å². The lowest BCUT2D eigenvalue weighted by Crippen LogP contribution is -3.16. The summed E-state index contributed by atoms with van der Waals surface area (Å²) in [5.41, 5.74) is 3.82. The summed E-state index contributed by atoms with van der Waals surface area (Å²) >= 11 is 0. The zero-order chi connectivity index (χ0) is 17.4. The van der Waals surface area contributed by atoms with E-state index in [1.165, 1.54) is 16.2 Å². The first-order chi connectivity index (χ1) is 12.1. The molecule has 1 amide bonds. The molecule has 2 aromatic carbocycles. The van der Waals surface area contributed by atoms with Crippen molar-refractivity contribution in [3.05, 3.63) is 59.7 Å². The molecule has 0 atom stereocenters. The Morgan fingerprint density at radius 2 is 1.76 bits per heavy atom. The van der Waals surface area contributed by atoms with Crippen LogP contribution in [0.2, 0.25) is 0 Å². The fraction of sp³-hybridized carbons (Fsp3) is 0.300. The number of amides is 1. The largest absolute Gasteiger partial charge is 0.360 e. The molecule has 2 aliphatic rings. The number of ketones is 1. The van der Waals surface area contributed by atoms with Crippen LogP contribution >= 0.6 is 0 Å². The van der Waals surface area contributed by atoms with Crippen LogP contribution < -0.4 is 14.7 Å². The zero-order valence-corrected chi connectivity index (χ0v) is 14.4. The quantitative estimate of drug-likeness (QED) is 0.847. The van der Waals surface area contributed by atoms with Crippen molar-refractivity contribution < 1.29 is 14.5 Å². The van der Waals surface area contributed by atoms with E-state index in [4.69, 9.17) is 0 Å². The van der Waals surface area contributed by atoms with Gasteiger partial charge in [-0.15, -0.1) is 0 Å². The Bertz CT molecular complexity index is 825. The Hall–Kier alpha value is -2.66. The van der Waals surface area contributed by atoms with Crippen LogP contribution in [0.1, 0.15) is 15.9 Å². The van der Waals surface area contributed by atoms with Gasteiger partial charge in [-0.3, -0.25) is 14.5 Å². The number of nitrogens with zero attached hydrogens (tertiary/aromatic N) is 2. The lowest BCUT2D eigenvalue weighted by molar-refractivity contribution is -0.899. The van der Waals surface area contributed by atoms with Gasteiger partial charge >= 0.3 is 5.91 Å². The summed E-state index contributed by atoms with van der Waals surface area (Å²) in [6.07, 6.45) is 0. The van der Waals surface area contributed by atoms with Gasteiger partial charge in [0.25, 0.3) is 5.78 Å². The standard InChI is InChI=1S/C20H21N3O2/c1-15-5-4-6-16(13-15)22-11-9-21(10-12-22)14-23-18-8-3-2-7-17(18)19(24)20(23)25/h2-8,13H,9-12,14H2,1H3/p+1. The van der Waals surface area contributed by atoms with E-state index in [-0.39, 0.29) is 5.78 Å². The highest BCUT2D eigenvalue weighted by Gasteiger charge is 2.38. The first-order valence-corrected chi connectivity index (χ1v) is 8.74. The number of anilines is 2. The van der Waals surface area contributed by atoms with Gasteiger partial charge in [0.05, 0.1) is 37.4 Å². The number of carbonyl (C=O) groups is 2. The number of fused-ring (bicyclic) bond motifs is 1. The monoisotopic (exact) mass is 336 g/mol. The van der Waals surface area contributed by atoms with E-state index < -0.39 is 5.91 Å². The molecule has 5 heteroatoms. The third-order valence-electron chi connectivity index (χ3n) is 5.10. The number of Topliss-reactive ketones (excluding diaryl/α,β-unsaturated/α-hetero) is 1. The predicted octanol–water partition coefficient (Wildman–Crippen LogP) is 0.887. The van der Waals surface area contributed by atoms with Gasteiger partial charge in [-0.25, -0.2) is 0 Å². The molecule has 0 aromatic heterocycles. The molecule has 0 spiro atoms. The maximum absolute atomic E-state index is 12.3. The van der Waals surface area contributed by atoms with Crippen molar-refractivity contribution in [1.29, 1.82) is 0 Å². The van der Waals surface area contributed by atoms with Crippen LogP contribution in [0.4, 0.5) is 11.4 Å². The van der Waals surface area contributed by atoms with Gasteiger partial charge in [0, 0.05) is 5.69 Å². The number of para-hydroxylation sites is 1. The minimum absolute atomic E-state index is 0.381. The van der Waals surface area contributed by atoms with Crippen molar-refractivity contribution in [2.24, 2.45) is 0 Å². The van der Waals surface area contributed by atoms with E-state index in [1.54, 1.807) is 17.0 Å². The molecule has 5 nitrogen and oxygen atoms in total. The summed E-state index contributed by atoms with van der Waals surface area (Å²) in [5, 5.41) is 0. The average Bonchev–Trinajstić information content (AvgIpc) is 2.88. The van der Waals surface area contributed by atoms with Crippen LogP contribution in [0.15, 0.2) is 48.5 Å². The van der Waals surface area contributed by atoms with Crippen LogP contribution in [0.3, 0.4) is 0 Å². The van der Waals surface area contributed by atoms with Crippen LogP contribution in [-0.4, -0.2) is 44.5 Å². The smallest absolute Gasteiger partial charge is 0.303 e. The lowest BCUT2D eigenvalue weighted by Gasteiger charge is -2.35. The molecule has 2 heterocycles. The van der Waals surface area contributed by atoms with E-state index in [2.05, 4.69) is 36.1 Å². The fourth-order valence-corrected chi connectivity index (χ4v) is 3.69. The van der Waals surface area contributed by atoms with E-state index in [1.807, 2.05) is 12.1 Å². The molecule has 128 valence electrons. The summed E-state index contributed by atoms with van der Waals surface area (Å²) in [4.78, 5) is 29.8. The highest BCUT2D eigenvalue weighted by atomic mass is 16.2. The molecule has 0 radical (unpaired) electrons. The van der Waals surface area contributed by atoms with Gasteiger partial charge in [0.15, 0.2) is 6.67 Å². The molecular weight excluding hydrogens is 314 g/mol. The highest BCUT2D eigenvalue weighted by molar-refractivity contribution is 6.52. The summed E-state index contributed by atoms with van der Waals surface area (Å²) in [5.74, 6) is -0.775. The molecule has 1 N–H and O–H groups in total. The molecule has 0 aliphatic carbocycles. The summed E-state index contributed by atoms with van der Waals surface area (Å²) in [6.45, 7) is 6.48. The van der Waals surface area contributed by atoms with Gasteiger partial charge in [-0.05, 0) is 36.8 Å². The minimum atomic E-state index is -0.394. The van der Waals surface area contributed by atoms with E-state index >= 15 is 0 Å². The molecule has 2 aliphatic heterocycles. The van der Waals surface area contributed by atoms with Crippen molar-refractivity contribution in [3.8, 4) is 0 Å². The second-order valence-corrected chi connectivity index (χ2v) is 6.81. The van der Waals surface area contributed by atoms with Crippen molar-refractivity contribution in [2.75, 3.05) is 42.6 Å². The number of rotatable bonds is 3. The van der Waals surface area contributed by atoms with Gasteiger partial charge in [-0.2, -0.15) is 0 Å². The first kappa shape index (κ1) is 15.8. The molecule has 0 unspecified atom stereocenters. The second kappa shape index (κ2) is 6.33. The number of aryl methyl sites for hydroxylation is 1. The number of benzene rings is 2. The van der Waals surface area contributed by atoms with E-state index in [0.717, 1.165) is 31.9 Å². The average molecular weight is 336 g/mol. The van der Waals surface area contributed by atoms with E-state index in [0.29, 0.717) is 12.2 Å². The first-order valence-electron chi connectivity index (χ1n) is 8.74. The molecular formula is C20H22N3O2+. The van der Waals surface area contributed by atoms with Crippen molar-refractivity contribution in [3.63, 3.8) is 0 Å². The fourth-order valence-electron chi connectivity index (χ4n) is 3.69. The van der Waals surface area contributed by atoms with Crippen molar-refractivity contribution in [1.82, 2.24) is 0 Å². The Labute approximate surface area is 147 Å². The molecule has 0 saturated carbocycles. The summed E-state index contributed by atoms with van der Waals surface area (Å²) in [7, 11) is 0. The molecule has 1 saturated heterocycles. The Morgan fingerprint density at radius 3 is 2.52 bits per heavy atom. The van der Waals surface area contributed by atoms with Crippen LogP contribution in [0.25, 0.3) is 0 Å². The zero-order valence-electron chi connectivity index (χ0n) is 14.4. The Kier molecular flexibility index (Phi) is 4.01. The predicted molar refractivity (Wildman–Crippen MR) is 97.2 cm³/mol. The second-order valence-electron chi connectivity index (χ2n) is 6.81. The number of hydrogen-bond donors (Lipinski definition) is 1. The third-order valence-corrected chi connectivity index (χ3v) is 5.10. The van der Waals surface area contributed by atoms with Gasteiger partial charge in [0.1, 0.15) is 0 Å². The van der Waals surface area contributed by atoms with Crippen molar-refractivity contribution >= 4 is 23.1 Å². The maximum atomic E-state index is 12.3. The summed E-state index contributed by atoms with van der Waals surface area (Å²) < 4.78 is 0. The molecule has 4 rings (SSSR count). The third kappa shape index (κ3) is 2.91. The SMILES string of the molecule is Cc1cccc(N2CC[NH+](CN3C(=O)C(=O)c4ccccc43)CC2)c1. The molecule has 1 fully saturated rings. The highest BCUT2D eigenvalue weighted by Crippen LogP contribution is 2.27. The number of hydrogen-bond acceptors (Lipinski definition) is 3. The van der Waals surface area contributed by atoms with Crippen molar-refractivity contribution in [2.45, 2.75) is 6.92 Å². The topological polar surface area (TPSA) is 45.1 Å². The van der Waals surface area contributed by atoms with Gasteiger partial charge in [-0.1, -0.05) is 24.3 Å². The number of piperazine rings is 1. The van der Waals surface area contributed by atoms with Gasteiger partial charge < -0.3 is 9.80 Å².